The van der Waals surface area contributed by atoms with Crippen LogP contribution in [0.25, 0.3) is 10.9 Å². The van der Waals surface area contributed by atoms with E-state index in [9.17, 15) is 9.18 Å². The molecular weight excluding hydrogens is 323 g/mol. The van der Waals surface area contributed by atoms with Crippen LogP contribution in [-0.2, 0) is 6.54 Å². The van der Waals surface area contributed by atoms with Crippen molar-refractivity contribution in [3.63, 3.8) is 0 Å². The number of hydrogen-bond donors (Lipinski definition) is 0. The minimum Gasteiger partial charge on any atom is -0.310 e. The Bertz CT molecular complexity index is 845. The van der Waals surface area contributed by atoms with E-state index in [2.05, 4.69) is 20.9 Å². The molecule has 0 aliphatic heterocycles. The molecule has 3 aromatic rings. The van der Waals surface area contributed by atoms with Crippen molar-refractivity contribution in [3.05, 3.63) is 75.0 Å². The lowest BCUT2D eigenvalue weighted by Gasteiger charge is -2.07. The summed E-state index contributed by atoms with van der Waals surface area (Å²) in [6.45, 7) is 0.332. The van der Waals surface area contributed by atoms with Crippen molar-refractivity contribution in [2.24, 2.45) is 0 Å². The van der Waals surface area contributed by atoms with Crippen molar-refractivity contribution >= 4 is 26.8 Å². The maximum atomic E-state index is 13.2. The van der Waals surface area contributed by atoms with Crippen molar-refractivity contribution in [1.29, 1.82) is 0 Å². The number of fused-ring (bicyclic) bond motifs is 1. The van der Waals surface area contributed by atoms with Crippen LogP contribution in [0.2, 0.25) is 0 Å². The van der Waals surface area contributed by atoms with Gasteiger partial charge in [-0.05, 0) is 45.8 Å². The number of nitrogens with zero attached hydrogens (tertiary/aromatic N) is 2. The molecule has 0 aliphatic rings. The Kier molecular flexibility index (Phi) is 3.36. The molecule has 0 aliphatic carbocycles. The van der Waals surface area contributed by atoms with Gasteiger partial charge in [-0.1, -0.05) is 12.1 Å². The highest BCUT2D eigenvalue weighted by atomic mass is 79.9. The Morgan fingerprint density at radius 3 is 2.90 bits per heavy atom. The summed E-state index contributed by atoms with van der Waals surface area (Å²) in [4.78, 5) is 16.6. The molecule has 5 heteroatoms. The number of halogens is 2. The molecule has 0 N–H and O–H groups in total. The third-order valence-electron chi connectivity index (χ3n) is 3.03. The number of benzene rings is 1. The van der Waals surface area contributed by atoms with Gasteiger partial charge in [-0.25, -0.2) is 4.39 Å². The van der Waals surface area contributed by atoms with E-state index < -0.39 is 0 Å². The van der Waals surface area contributed by atoms with Crippen LogP contribution in [0.15, 0.2) is 58.1 Å². The SMILES string of the molecule is O=c1c2cc(Br)cnc2ccn1Cc1cccc(F)c1. The van der Waals surface area contributed by atoms with Crippen LogP contribution in [0.1, 0.15) is 5.56 Å². The molecule has 0 spiro atoms. The molecule has 0 bridgehead atoms. The van der Waals surface area contributed by atoms with E-state index >= 15 is 0 Å². The zero-order valence-electron chi connectivity index (χ0n) is 10.4. The molecule has 0 atom stereocenters. The largest absolute Gasteiger partial charge is 0.310 e. The zero-order chi connectivity index (χ0) is 14.1. The van der Waals surface area contributed by atoms with Crippen LogP contribution < -0.4 is 5.56 Å². The van der Waals surface area contributed by atoms with Crippen LogP contribution in [-0.4, -0.2) is 9.55 Å². The second kappa shape index (κ2) is 5.17. The Hall–Kier alpha value is -2.01. The van der Waals surface area contributed by atoms with Gasteiger partial charge in [-0.2, -0.15) is 0 Å². The molecule has 20 heavy (non-hydrogen) atoms. The number of aromatic nitrogens is 2. The van der Waals surface area contributed by atoms with Crippen molar-refractivity contribution in [1.82, 2.24) is 9.55 Å². The molecule has 100 valence electrons. The molecule has 0 saturated carbocycles. The molecule has 3 nitrogen and oxygen atoms in total. The molecule has 0 amide bonds. The van der Waals surface area contributed by atoms with Crippen molar-refractivity contribution in [3.8, 4) is 0 Å². The van der Waals surface area contributed by atoms with E-state index in [0.29, 0.717) is 17.4 Å². The summed E-state index contributed by atoms with van der Waals surface area (Å²) in [5.41, 5.74) is 1.25. The van der Waals surface area contributed by atoms with E-state index in [-0.39, 0.29) is 11.4 Å². The van der Waals surface area contributed by atoms with Crippen LogP contribution in [0.4, 0.5) is 4.39 Å². The van der Waals surface area contributed by atoms with Gasteiger partial charge < -0.3 is 4.57 Å². The maximum Gasteiger partial charge on any atom is 0.260 e. The number of rotatable bonds is 2. The number of pyridine rings is 2. The van der Waals surface area contributed by atoms with Crippen LogP contribution in [0.5, 0.6) is 0 Å². The molecule has 0 fully saturated rings. The Balaban J connectivity index is 2.08. The zero-order valence-corrected chi connectivity index (χ0v) is 12.0. The highest BCUT2D eigenvalue weighted by Gasteiger charge is 2.05. The molecular formula is C15H10BrFN2O. The smallest absolute Gasteiger partial charge is 0.260 e. The first-order valence-electron chi connectivity index (χ1n) is 6.02. The predicted molar refractivity (Wildman–Crippen MR) is 79.2 cm³/mol. The van der Waals surface area contributed by atoms with Crippen molar-refractivity contribution in [2.45, 2.75) is 6.54 Å². The standard InChI is InChI=1S/C15H10BrFN2O/c16-11-7-13-14(18-8-11)4-5-19(15(13)20)9-10-2-1-3-12(17)6-10/h1-8H,9H2. The summed E-state index contributed by atoms with van der Waals surface area (Å²) in [6.07, 6.45) is 3.33. The summed E-state index contributed by atoms with van der Waals surface area (Å²) >= 11 is 3.31. The van der Waals surface area contributed by atoms with E-state index in [1.165, 1.54) is 12.1 Å². The van der Waals surface area contributed by atoms with Gasteiger partial charge in [0, 0.05) is 16.9 Å². The first-order valence-corrected chi connectivity index (χ1v) is 6.82. The lowest BCUT2D eigenvalue weighted by atomic mass is 10.2. The minimum absolute atomic E-state index is 0.138. The second-order valence-electron chi connectivity index (χ2n) is 4.47. The van der Waals surface area contributed by atoms with Gasteiger partial charge in [0.1, 0.15) is 5.82 Å². The predicted octanol–water partition coefficient (Wildman–Crippen LogP) is 3.35. The van der Waals surface area contributed by atoms with Crippen LogP contribution >= 0.6 is 15.9 Å². The average molecular weight is 333 g/mol. The molecule has 1 aromatic carbocycles. The highest BCUT2D eigenvalue weighted by molar-refractivity contribution is 9.10. The van der Waals surface area contributed by atoms with Gasteiger partial charge in [0.05, 0.1) is 17.4 Å². The van der Waals surface area contributed by atoms with Gasteiger partial charge in [0.25, 0.3) is 5.56 Å². The summed E-state index contributed by atoms with van der Waals surface area (Å²) < 4.78 is 15.5. The van der Waals surface area contributed by atoms with E-state index in [1.54, 1.807) is 41.2 Å². The maximum absolute atomic E-state index is 13.2. The third-order valence-corrected chi connectivity index (χ3v) is 3.46. The normalized spacial score (nSPS) is 10.9. The molecule has 2 heterocycles. The lowest BCUT2D eigenvalue weighted by Crippen LogP contribution is -2.20. The monoisotopic (exact) mass is 332 g/mol. The molecule has 2 aromatic heterocycles. The van der Waals surface area contributed by atoms with E-state index in [4.69, 9.17) is 0 Å². The summed E-state index contributed by atoms with van der Waals surface area (Å²) in [5, 5.41) is 0.540. The fraction of sp³-hybridized carbons (Fsp3) is 0.0667. The molecule has 0 saturated heterocycles. The van der Waals surface area contributed by atoms with E-state index in [0.717, 1.165) is 10.0 Å². The summed E-state index contributed by atoms with van der Waals surface area (Å²) in [5.74, 6) is -0.305. The van der Waals surface area contributed by atoms with Crippen LogP contribution in [0, 0.1) is 5.82 Å². The highest BCUT2D eigenvalue weighted by Crippen LogP contribution is 2.14. The van der Waals surface area contributed by atoms with Crippen molar-refractivity contribution in [2.75, 3.05) is 0 Å². The fourth-order valence-corrected chi connectivity index (χ4v) is 2.42. The summed E-state index contributed by atoms with van der Waals surface area (Å²) in [6, 6.07) is 9.76. The summed E-state index contributed by atoms with van der Waals surface area (Å²) in [7, 11) is 0. The van der Waals surface area contributed by atoms with Gasteiger partial charge in [0.15, 0.2) is 0 Å². The van der Waals surface area contributed by atoms with Crippen LogP contribution in [0.3, 0.4) is 0 Å². The van der Waals surface area contributed by atoms with Crippen molar-refractivity contribution < 1.29 is 4.39 Å². The number of hydrogen-bond acceptors (Lipinski definition) is 2. The van der Waals surface area contributed by atoms with Gasteiger partial charge in [-0.3, -0.25) is 9.78 Å². The topological polar surface area (TPSA) is 34.9 Å². The fourth-order valence-electron chi connectivity index (χ4n) is 2.09. The first-order chi connectivity index (χ1) is 9.63. The lowest BCUT2D eigenvalue weighted by molar-refractivity contribution is 0.623. The Labute approximate surface area is 122 Å². The van der Waals surface area contributed by atoms with E-state index in [1.807, 2.05) is 0 Å². The minimum atomic E-state index is -0.305. The second-order valence-corrected chi connectivity index (χ2v) is 5.38. The molecule has 0 unspecified atom stereocenters. The first kappa shape index (κ1) is 13.0. The molecule has 0 radical (unpaired) electrons. The Morgan fingerprint density at radius 2 is 2.10 bits per heavy atom. The Morgan fingerprint density at radius 1 is 1.25 bits per heavy atom. The average Bonchev–Trinajstić information content (AvgIpc) is 2.43. The van der Waals surface area contributed by atoms with Gasteiger partial charge in [0.2, 0.25) is 0 Å². The van der Waals surface area contributed by atoms with Gasteiger partial charge in [-0.15, -0.1) is 0 Å². The van der Waals surface area contributed by atoms with Gasteiger partial charge >= 0.3 is 0 Å². The quantitative estimate of drug-likeness (QED) is 0.721. The third kappa shape index (κ3) is 2.49. The molecule has 3 rings (SSSR count).